The summed E-state index contributed by atoms with van der Waals surface area (Å²) in [5.41, 5.74) is 1.99. The number of fused-ring (bicyclic) bond motifs is 1. The summed E-state index contributed by atoms with van der Waals surface area (Å²) < 4.78 is 2.47. The lowest BCUT2D eigenvalue weighted by atomic mass is 10.1. The number of aromatic amines is 1. The third-order valence-electron chi connectivity index (χ3n) is 2.77. The SMILES string of the molecule is Cn1c(-c2cccc3ncccc23)n[nH]c1=S. The quantitative estimate of drug-likeness (QED) is 0.667. The van der Waals surface area contributed by atoms with Gasteiger partial charge in [-0.05, 0) is 24.4 Å². The first kappa shape index (κ1) is 10.2. The molecule has 2 heterocycles. The van der Waals surface area contributed by atoms with E-state index in [4.69, 9.17) is 12.2 Å². The van der Waals surface area contributed by atoms with Crippen molar-refractivity contribution in [1.29, 1.82) is 0 Å². The van der Waals surface area contributed by atoms with Gasteiger partial charge in [0.25, 0.3) is 0 Å². The molecule has 84 valence electrons. The normalized spacial score (nSPS) is 10.9. The maximum atomic E-state index is 5.13. The van der Waals surface area contributed by atoms with Gasteiger partial charge in [0.2, 0.25) is 0 Å². The molecular formula is C12H10N4S. The number of nitrogens with zero attached hydrogens (tertiary/aromatic N) is 3. The van der Waals surface area contributed by atoms with Gasteiger partial charge in [-0.15, -0.1) is 0 Å². The van der Waals surface area contributed by atoms with Crippen LogP contribution < -0.4 is 0 Å². The first-order valence-electron chi connectivity index (χ1n) is 5.23. The van der Waals surface area contributed by atoms with E-state index < -0.39 is 0 Å². The number of hydrogen-bond acceptors (Lipinski definition) is 3. The molecule has 0 saturated heterocycles. The number of nitrogens with one attached hydrogen (secondary N) is 1. The van der Waals surface area contributed by atoms with Gasteiger partial charge >= 0.3 is 0 Å². The van der Waals surface area contributed by atoms with Crippen LogP contribution >= 0.6 is 12.2 Å². The Morgan fingerprint density at radius 3 is 2.88 bits per heavy atom. The van der Waals surface area contributed by atoms with E-state index in [1.165, 1.54) is 0 Å². The van der Waals surface area contributed by atoms with Gasteiger partial charge in [-0.2, -0.15) is 5.10 Å². The zero-order chi connectivity index (χ0) is 11.8. The van der Waals surface area contributed by atoms with Crippen molar-refractivity contribution in [1.82, 2.24) is 19.7 Å². The van der Waals surface area contributed by atoms with Crippen molar-refractivity contribution in [3.8, 4) is 11.4 Å². The fourth-order valence-corrected chi connectivity index (χ4v) is 2.02. The molecular weight excluding hydrogens is 232 g/mol. The number of benzene rings is 1. The summed E-state index contributed by atoms with van der Waals surface area (Å²) in [7, 11) is 1.90. The summed E-state index contributed by atoms with van der Waals surface area (Å²) in [4.78, 5) is 4.33. The molecule has 1 N–H and O–H groups in total. The van der Waals surface area contributed by atoms with E-state index in [1.807, 2.05) is 41.9 Å². The Bertz CT molecular complexity index is 736. The summed E-state index contributed by atoms with van der Waals surface area (Å²) in [6.45, 7) is 0. The second-order valence-electron chi connectivity index (χ2n) is 3.79. The Labute approximate surface area is 103 Å². The van der Waals surface area contributed by atoms with E-state index in [0.29, 0.717) is 4.77 Å². The van der Waals surface area contributed by atoms with E-state index >= 15 is 0 Å². The van der Waals surface area contributed by atoms with Gasteiger partial charge in [0.15, 0.2) is 10.6 Å². The maximum Gasteiger partial charge on any atom is 0.195 e. The van der Waals surface area contributed by atoms with E-state index in [1.54, 1.807) is 6.20 Å². The van der Waals surface area contributed by atoms with Gasteiger partial charge in [-0.1, -0.05) is 18.2 Å². The van der Waals surface area contributed by atoms with E-state index in [9.17, 15) is 0 Å². The number of hydrogen-bond donors (Lipinski definition) is 1. The number of aromatic nitrogens is 4. The molecule has 17 heavy (non-hydrogen) atoms. The van der Waals surface area contributed by atoms with Crippen LogP contribution in [0.2, 0.25) is 0 Å². The molecule has 0 bridgehead atoms. The molecule has 0 amide bonds. The van der Waals surface area contributed by atoms with E-state index in [0.717, 1.165) is 22.3 Å². The standard InChI is InChI=1S/C12H10N4S/c1-16-11(14-15-12(16)17)9-4-2-6-10-8(9)5-3-7-13-10/h2-7H,1H3,(H,15,17). The van der Waals surface area contributed by atoms with E-state index in [2.05, 4.69) is 15.2 Å². The first-order chi connectivity index (χ1) is 8.27. The van der Waals surface area contributed by atoms with Crippen LogP contribution in [0.3, 0.4) is 0 Å². The largest absolute Gasteiger partial charge is 0.303 e. The summed E-state index contributed by atoms with van der Waals surface area (Å²) in [6.07, 6.45) is 1.79. The molecule has 4 nitrogen and oxygen atoms in total. The molecule has 0 saturated carbocycles. The molecule has 0 aliphatic heterocycles. The molecule has 0 atom stereocenters. The average molecular weight is 242 g/mol. The van der Waals surface area contributed by atoms with Crippen LogP contribution in [0.5, 0.6) is 0 Å². The highest BCUT2D eigenvalue weighted by atomic mass is 32.1. The predicted octanol–water partition coefficient (Wildman–Crippen LogP) is 2.69. The number of pyridine rings is 1. The van der Waals surface area contributed by atoms with Crippen molar-refractivity contribution >= 4 is 23.1 Å². The molecule has 3 aromatic rings. The predicted molar refractivity (Wildman–Crippen MR) is 69.1 cm³/mol. The van der Waals surface area contributed by atoms with Gasteiger partial charge in [0.1, 0.15) is 0 Å². The highest BCUT2D eigenvalue weighted by molar-refractivity contribution is 7.71. The van der Waals surface area contributed by atoms with Crippen molar-refractivity contribution < 1.29 is 0 Å². The second kappa shape index (κ2) is 3.78. The second-order valence-corrected chi connectivity index (χ2v) is 4.17. The Kier molecular flexibility index (Phi) is 2.26. The van der Waals surface area contributed by atoms with Crippen LogP contribution in [0.1, 0.15) is 0 Å². The fourth-order valence-electron chi connectivity index (χ4n) is 1.89. The smallest absolute Gasteiger partial charge is 0.195 e. The molecule has 1 aromatic carbocycles. The van der Waals surface area contributed by atoms with Crippen molar-refractivity contribution in [3.63, 3.8) is 0 Å². The van der Waals surface area contributed by atoms with Gasteiger partial charge in [-0.3, -0.25) is 10.1 Å². The Morgan fingerprint density at radius 1 is 1.24 bits per heavy atom. The molecule has 3 rings (SSSR count). The molecule has 0 spiro atoms. The van der Waals surface area contributed by atoms with Gasteiger partial charge in [0.05, 0.1) is 5.52 Å². The zero-order valence-electron chi connectivity index (χ0n) is 9.21. The average Bonchev–Trinajstić information content (AvgIpc) is 2.69. The third kappa shape index (κ3) is 1.55. The fraction of sp³-hybridized carbons (Fsp3) is 0.0833. The minimum atomic E-state index is 0.612. The summed E-state index contributed by atoms with van der Waals surface area (Å²) in [5, 5.41) is 8.13. The van der Waals surface area contributed by atoms with Gasteiger partial charge in [0, 0.05) is 24.2 Å². The highest BCUT2D eigenvalue weighted by Crippen LogP contribution is 2.25. The topological polar surface area (TPSA) is 46.5 Å². The lowest BCUT2D eigenvalue weighted by molar-refractivity contribution is 0.903. The van der Waals surface area contributed by atoms with Crippen LogP contribution in [-0.2, 0) is 7.05 Å². The molecule has 5 heteroatoms. The van der Waals surface area contributed by atoms with E-state index in [-0.39, 0.29) is 0 Å². The van der Waals surface area contributed by atoms with Crippen LogP contribution in [0.4, 0.5) is 0 Å². The Morgan fingerprint density at radius 2 is 2.12 bits per heavy atom. The summed E-state index contributed by atoms with van der Waals surface area (Å²) >= 11 is 5.13. The van der Waals surface area contributed by atoms with Crippen LogP contribution in [-0.4, -0.2) is 19.7 Å². The van der Waals surface area contributed by atoms with Crippen LogP contribution in [0, 0.1) is 4.77 Å². The molecule has 2 aromatic heterocycles. The molecule has 0 unspecified atom stereocenters. The summed E-state index contributed by atoms with van der Waals surface area (Å²) in [6, 6.07) is 9.94. The molecule has 0 aliphatic carbocycles. The summed E-state index contributed by atoms with van der Waals surface area (Å²) in [5.74, 6) is 0.827. The molecule has 0 fully saturated rings. The minimum Gasteiger partial charge on any atom is -0.303 e. The molecule has 0 radical (unpaired) electrons. The molecule has 0 aliphatic rings. The first-order valence-corrected chi connectivity index (χ1v) is 5.64. The number of rotatable bonds is 1. The van der Waals surface area contributed by atoms with Gasteiger partial charge < -0.3 is 4.57 Å². The lowest BCUT2D eigenvalue weighted by Crippen LogP contribution is -1.93. The van der Waals surface area contributed by atoms with Crippen molar-refractivity contribution in [2.24, 2.45) is 7.05 Å². The Balaban J connectivity index is 2.38. The van der Waals surface area contributed by atoms with Crippen molar-refractivity contribution in [2.45, 2.75) is 0 Å². The third-order valence-corrected chi connectivity index (χ3v) is 3.13. The monoisotopic (exact) mass is 242 g/mol. The van der Waals surface area contributed by atoms with Crippen molar-refractivity contribution in [2.75, 3.05) is 0 Å². The van der Waals surface area contributed by atoms with Crippen LogP contribution in [0.25, 0.3) is 22.3 Å². The zero-order valence-corrected chi connectivity index (χ0v) is 10.0. The number of H-pyrrole nitrogens is 1. The Hall–Kier alpha value is -2.01. The van der Waals surface area contributed by atoms with Gasteiger partial charge in [-0.25, -0.2) is 0 Å². The lowest BCUT2D eigenvalue weighted by Gasteiger charge is -2.04. The highest BCUT2D eigenvalue weighted by Gasteiger charge is 2.09. The van der Waals surface area contributed by atoms with Crippen molar-refractivity contribution in [3.05, 3.63) is 41.3 Å². The minimum absolute atomic E-state index is 0.612. The maximum absolute atomic E-state index is 5.13. The van der Waals surface area contributed by atoms with Crippen LogP contribution in [0.15, 0.2) is 36.5 Å².